The van der Waals surface area contributed by atoms with Gasteiger partial charge in [0.2, 0.25) is 0 Å². The van der Waals surface area contributed by atoms with Crippen LogP contribution >= 0.6 is 24.0 Å². The van der Waals surface area contributed by atoms with Crippen molar-refractivity contribution in [3.63, 3.8) is 0 Å². The maximum absolute atomic E-state index is 5.42. The Morgan fingerprint density at radius 3 is 2.42 bits per heavy atom. The largest absolute Gasteiger partial charge is 0.377 e. The summed E-state index contributed by atoms with van der Waals surface area (Å²) < 4.78 is 5.42. The number of rotatable bonds is 6. The van der Waals surface area contributed by atoms with E-state index in [1.807, 2.05) is 20.0 Å². The van der Waals surface area contributed by atoms with Crippen LogP contribution in [-0.2, 0) is 11.3 Å². The summed E-state index contributed by atoms with van der Waals surface area (Å²) in [6, 6.07) is 4.28. The first-order valence-corrected chi connectivity index (χ1v) is 9.23. The molecule has 0 bridgehead atoms. The number of aromatic nitrogens is 1. The molecule has 1 aliphatic rings. The number of pyridine rings is 1. The lowest BCUT2D eigenvalue weighted by Crippen LogP contribution is -2.45. The van der Waals surface area contributed by atoms with Gasteiger partial charge >= 0.3 is 0 Å². The second kappa shape index (κ2) is 11.6. The lowest BCUT2D eigenvalue weighted by molar-refractivity contribution is 0.0268. The maximum Gasteiger partial charge on any atom is 0.191 e. The van der Waals surface area contributed by atoms with Crippen molar-refractivity contribution in [2.75, 3.05) is 38.7 Å². The average molecular weight is 475 g/mol. The number of guanidine groups is 1. The van der Waals surface area contributed by atoms with Gasteiger partial charge in [-0.1, -0.05) is 18.9 Å². The zero-order valence-electron chi connectivity index (χ0n) is 16.5. The molecule has 1 fully saturated rings. The van der Waals surface area contributed by atoms with E-state index in [4.69, 9.17) is 4.74 Å². The van der Waals surface area contributed by atoms with Gasteiger partial charge in [0.25, 0.3) is 0 Å². The Hall–Kier alpha value is -1.09. The Kier molecular flexibility index (Phi) is 10.2. The van der Waals surface area contributed by atoms with Crippen molar-refractivity contribution in [3.05, 3.63) is 23.9 Å². The van der Waals surface area contributed by atoms with Crippen LogP contribution in [0.5, 0.6) is 0 Å². The molecule has 148 valence electrons. The van der Waals surface area contributed by atoms with Crippen molar-refractivity contribution in [1.82, 2.24) is 15.6 Å². The Morgan fingerprint density at radius 2 is 1.88 bits per heavy atom. The predicted molar refractivity (Wildman–Crippen MR) is 120 cm³/mol. The van der Waals surface area contributed by atoms with Gasteiger partial charge in [-0.3, -0.25) is 4.99 Å². The smallest absolute Gasteiger partial charge is 0.191 e. The number of anilines is 1. The minimum atomic E-state index is -0.228. The molecule has 2 rings (SSSR count). The highest BCUT2D eigenvalue weighted by atomic mass is 127. The Bertz CT molecular complexity index is 539. The first-order valence-electron chi connectivity index (χ1n) is 9.23. The molecular weight excluding hydrogens is 441 g/mol. The van der Waals surface area contributed by atoms with Gasteiger partial charge in [0.1, 0.15) is 5.82 Å². The van der Waals surface area contributed by atoms with Gasteiger partial charge in [0.05, 0.1) is 5.60 Å². The number of nitrogens with one attached hydrogen (secondary N) is 2. The third-order valence-corrected chi connectivity index (χ3v) is 4.66. The summed E-state index contributed by atoms with van der Waals surface area (Å²) in [5, 5.41) is 6.61. The lowest BCUT2D eigenvalue weighted by Gasteiger charge is -2.24. The predicted octanol–water partition coefficient (Wildman–Crippen LogP) is 3.17. The number of methoxy groups -OCH3 is 1. The molecule has 0 aromatic carbocycles. The van der Waals surface area contributed by atoms with E-state index in [2.05, 4.69) is 37.6 Å². The molecule has 2 heterocycles. The van der Waals surface area contributed by atoms with Gasteiger partial charge in [-0.05, 0) is 38.3 Å². The van der Waals surface area contributed by atoms with Crippen LogP contribution in [-0.4, -0.2) is 50.3 Å². The summed E-state index contributed by atoms with van der Waals surface area (Å²) in [7, 11) is 3.49. The van der Waals surface area contributed by atoms with Crippen molar-refractivity contribution in [2.45, 2.75) is 51.7 Å². The standard InChI is InChI=1S/C19H33N5O.HI/c1-19(2,25-4)15-23-18(20-3)22-14-16-9-10-17(21-13-16)24-11-7-5-6-8-12-24;/h9-10,13H,5-8,11-12,14-15H2,1-4H3,(H2,20,22,23);1H. The summed E-state index contributed by atoms with van der Waals surface area (Å²) >= 11 is 0. The van der Waals surface area contributed by atoms with Crippen LogP contribution in [0.4, 0.5) is 5.82 Å². The number of ether oxygens (including phenoxy) is 1. The monoisotopic (exact) mass is 475 g/mol. The fraction of sp³-hybridized carbons (Fsp3) is 0.684. The number of hydrogen-bond acceptors (Lipinski definition) is 4. The van der Waals surface area contributed by atoms with Crippen LogP contribution in [0.25, 0.3) is 0 Å². The highest BCUT2D eigenvalue weighted by Gasteiger charge is 2.16. The fourth-order valence-electron chi connectivity index (χ4n) is 2.78. The molecule has 1 aromatic heterocycles. The second-order valence-electron chi connectivity index (χ2n) is 7.17. The molecule has 1 aliphatic heterocycles. The third-order valence-electron chi connectivity index (χ3n) is 4.66. The van der Waals surface area contributed by atoms with Crippen LogP contribution in [0.1, 0.15) is 45.1 Å². The first-order chi connectivity index (χ1) is 12.0. The molecule has 1 saturated heterocycles. The SMILES string of the molecule is CN=C(NCc1ccc(N2CCCCCC2)nc1)NCC(C)(C)OC.I. The average Bonchev–Trinajstić information content (AvgIpc) is 2.92. The number of aliphatic imine (C=N–C) groups is 1. The molecular formula is C19H34IN5O. The van der Waals surface area contributed by atoms with Crippen LogP contribution in [0.3, 0.4) is 0 Å². The number of hydrogen-bond donors (Lipinski definition) is 2. The summed E-state index contributed by atoms with van der Waals surface area (Å²) in [6.45, 7) is 7.71. The molecule has 0 spiro atoms. The lowest BCUT2D eigenvalue weighted by atomic mass is 10.1. The molecule has 0 saturated carbocycles. The highest BCUT2D eigenvalue weighted by molar-refractivity contribution is 14.0. The van der Waals surface area contributed by atoms with E-state index in [1.165, 1.54) is 25.7 Å². The van der Waals surface area contributed by atoms with Crippen molar-refractivity contribution in [1.29, 1.82) is 0 Å². The van der Waals surface area contributed by atoms with E-state index < -0.39 is 0 Å². The molecule has 0 radical (unpaired) electrons. The summed E-state index contributed by atoms with van der Waals surface area (Å²) in [5.41, 5.74) is 0.918. The van der Waals surface area contributed by atoms with Gasteiger partial charge in [-0.25, -0.2) is 4.98 Å². The Balaban J connectivity index is 0.00000338. The van der Waals surface area contributed by atoms with E-state index in [0.29, 0.717) is 13.1 Å². The minimum absolute atomic E-state index is 0. The molecule has 7 heteroatoms. The molecule has 0 unspecified atom stereocenters. The normalized spacial score (nSPS) is 15.8. The topological polar surface area (TPSA) is 61.8 Å². The zero-order chi connectivity index (χ0) is 18.1. The minimum Gasteiger partial charge on any atom is -0.377 e. The molecule has 1 aromatic rings. The van der Waals surface area contributed by atoms with Crippen LogP contribution in [0, 0.1) is 0 Å². The quantitative estimate of drug-likeness (QED) is 0.376. The third kappa shape index (κ3) is 7.65. The van der Waals surface area contributed by atoms with Crippen LogP contribution < -0.4 is 15.5 Å². The molecule has 0 aliphatic carbocycles. The number of nitrogens with zero attached hydrogens (tertiary/aromatic N) is 3. The fourth-order valence-corrected chi connectivity index (χ4v) is 2.78. The molecule has 0 atom stereocenters. The van der Waals surface area contributed by atoms with Crippen LogP contribution in [0.2, 0.25) is 0 Å². The zero-order valence-corrected chi connectivity index (χ0v) is 18.9. The summed E-state index contributed by atoms with van der Waals surface area (Å²) in [5.74, 6) is 1.86. The first kappa shape index (κ1) is 23.0. The van der Waals surface area contributed by atoms with Gasteiger partial charge in [0.15, 0.2) is 5.96 Å². The van der Waals surface area contributed by atoms with E-state index in [1.54, 1.807) is 14.2 Å². The highest BCUT2D eigenvalue weighted by Crippen LogP contribution is 2.17. The van der Waals surface area contributed by atoms with Crippen LogP contribution in [0.15, 0.2) is 23.3 Å². The van der Waals surface area contributed by atoms with E-state index in [9.17, 15) is 0 Å². The van der Waals surface area contributed by atoms with Crippen molar-refractivity contribution in [3.8, 4) is 0 Å². The molecule has 0 amide bonds. The second-order valence-corrected chi connectivity index (χ2v) is 7.17. The molecule has 2 N–H and O–H groups in total. The van der Waals surface area contributed by atoms with Gasteiger partial charge in [0, 0.05) is 46.5 Å². The maximum atomic E-state index is 5.42. The number of halogens is 1. The Morgan fingerprint density at radius 1 is 1.19 bits per heavy atom. The van der Waals surface area contributed by atoms with Crippen molar-refractivity contribution in [2.24, 2.45) is 4.99 Å². The van der Waals surface area contributed by atoms with Gasteiger partial charge in [-0.15, -0.1) is 24.0 Å². The van der Waals surface area contributed by atoms with Gasteiger partial charge < -0.3 is 20.3 Å². The summed E-state index contributed by atoms with van der Waals surface area (Å²) in [4.78, 5) is 11.3. The van der Waals surface area contributed by atoms with Crippen molar-refractivity contribution < 1.29 is 4.74 Å². The van der Waals surface area contributed by atoms with E-state index in [-0.39, 0.29) is 29.6 Å². The van der Waals surface area contributed by atoms with E-state index >= 15 is 0 Å². The molecule has 26 heavy (non-hydrogen) atoms. The van der Waals surface area contributed by atoms with Gasteiger partial charge in [-0.2, -0.15) is 0 Å². The Labute approximate surface area is 175 Å². The van der Waals surface area contributed by atoms with Crippen molar-refractivity contribution >= 4 is 35.8 Å². The summed E-state index contributed by atoms with van der Waals surface area (Å²) in [6.07, 6.45) is 7.17. The van der Waals surface area contributed by atoms with E-state index in [0.717, 1.165) is 30.4 Å². The molecule has 6 nitrogen and oxygen atoms in total.